The minimum absolute atomic E-state index is 0.0234. The third-order valence-corrected chi connectivity index (χ3v) is 6.33. The van der Waals surface area contributed by atoms with E-state index in [1.165, 1.54) is 41.3 Å². The SMILES string of the molecule is CCc1ccccc1-c1ccc2[nH]c(CCNCCc3nc(C(=O)NCc4ncccc4F)co3)nc2c1. The molecule has 0 spiro atoms. The van der Waals surface area contributed by atoms with Crippen molar-refractivity contribution >= 4 is 16.9 Å². The smallest absolute Gasteiger partial charge is 0.273 e. The maximum absolute atomic E-state index is 13.7. The third kappa shape index (κ3) is 5.95. The zero-order valence-corrected chi connectivity index (χ0v) is 21.1. The van der Waals surface area contributed by atoms with Crippen LogP contribution in [-0.4, -0.2) is 38.9 Å². The van der Waals surface area contributed by atoms with E-state index in [0.29, 0.717) is 18.9 Å². The minimum Gasteiger partial charge on any atom is -0.448 e. The Labute approximate surface area is 219 Å². The van der Waals surface area contributed by atoms with Gasteiger partial charge in [-0.25, -0.2) is 14.4 Å². The summed E-state index contributed by atoms with van der Waals surface area (Å²) in [5.41, 5.74) is 6.05. The van der Waals surface area contributed by atoms with Crippen LogP contribution < -0.4 is 10.6 Å². The van der Waals surface area contributed by atoms with Gasteiger partial charge in [-0.15, -0.1) is 0 Å². The molecule has 3 N–H and O–H groups in total. The lowest BCUT2D eigenvalue weighted by atomic mass is 9.98. The van der Waals surface area contributed by atoms with Crippen LogP contribution >= 0.6 is 0 Å². The molecule has 3 aromatic heterocycles. The average Bonchev–Trinajstić information content (AvgIpc) is 3.59. The molecule has 0 aliphatic rings. The van der Waals surface area contributed by atoms with Crippen molar-refractivity contribution in [3.63, 3.8) is 0 Å². The van der Waals surface area contributed by atoms with Crippen LogP contribution in [0.3, 0.4) is 0 Å². The van der Waals surface area contributed by atoms with Crippen LogP contribution in [0, 0.1) is 5.82 Å². The topological polar surface area (TPSA) is 109 Å². The highest BCUT2D eigenvalue weighted by molar-refractivity contribution is 5.91. The molecule has 0 saturated heterocycles. The number of fused-ring (bicyclic) bond motifs is 1. The van der Waals surface area contributed by atoms with E-state index in [2.05, 4.69) is 75.0 Å². The maximum atomic E-state index is 13.7. The highest BCUT2D eigenvalue weighted by Crippen LogP contribution is 2.27. The van der Waals surface area contributed by atoms with Crippen LogP contribution in [0.25, 0.3) is 22.2 Å². The molecule has 5 rings (SSSR count). The summed E-state index contributed by atoms with van der Waals surface area (Å²) in [4.78, 5) is 28.6. The van der Waals surface area contributed by atoms with E-state index >= 15 is 0 Å². The van der Waals surface area contributed by atoms with Crippen molar-refractivity contribution in [1.82, 2.24) is 30.6 Å². The Balaban J connectivity index is 1.08. The largest absolute Gasteiger partial charge is 0.448 e. The summed E-state index contributed by atoms with van der Waals surface area (Å²) >= 11 is 0. The number of pyridine rings is 1. The Hall–Kier alpha value is -4.37. The maximum Gasteiger partial charge on any atom is 0.273 e. The van der Waals surface area contributed by atoms with E-state index in [4.69, 9.17) is 9.40 Å². The molecular weight excluding hydrogens is 483 g/mol. The van der Waals surface area contributed by atoms with E-state index in [1.807, 2.05) is 0 Å². The molecule has 3 heterocycles. The van der Waals surface area contributed by atoms with Gasteiger partial charge in [-0.2, -0.15) is 0 Å². The summed E-state index contributed by atoms with van der Waals surface area (Å²) in [5, 5.41) is 5.96. The number of hydrogen-bond donors (Lipinski definition) is 3. The molecule has 5 aromatic rings. The molecule has 0 unspecified atom stereocenters. The van der Waals surface area contributed by atoms with Crippen LogP contribution in [0.4, 0.5) is 4.39 Å². The average molecular weight is 513 g/mol. The van der Waals surface area contributed by atoms with E-state index in [9.17, 15) is 9.18 Å². The Morgan fingerprint density at radius 3 is 2.79 bits per heavy atom. The highest BCUT2D eigenvalue weighted by Gasteiger charge is 2.13. The fourth-order valence-corrected chi connectivity index (χ4v) is 4.31. The molecule has 0 aliphatic carbocycles. The zero-order valence-electron chi connectivity index (χ0n) is 21.1. The van der Waals surface area contributed by atoms with Gasteiger partial charge in [0.15, 0.2) is 11.6 Å². The van der Waals surface area contributed by atoms with Gasteiger partial charge in [0, 0.05) is 32.1 Å². The first-order chi connectivity index (χ1) is 18.6. The summed E-state index contributed by atoms with van der Waals surface area (Å²) in [6, 6.07) is 17.6. The number of H-pyrrole nitrogens is 1. The number of imidazole rings is 1. The summed E-state index contributed by atoms with van der Waals surface area (Å²) in [7, 11) is 0. The number of nitrogens with zero attached hydrogens (tertiary/aromatic N) is 3. The Morgan fingerprint density at radius 1 is 1.05 bits per heavy atom. The van der Waals surface area contributed by atoms with Crippen LogP contribution in [0.2, 0.25) is 0 Å². The van der Waals surface area contributed by atoms with E-state index in [1.54, 1.807) is 0 Å². The first kappa shape index (κ1) is 25.3. The summed E-state index contributed by atoms with van der Waals surface area (Å²) in [6.45, 7) is 3.52. The molecule has 0 atom stereocenters. The standard InChI is InChI=1S/C29H29FN6O2/c1-2-19-6-3-4-7-21(19)20-9-10-23-24(16-20)35-27(34-23)11-14-31-15-12-28-36-26(18-38-28)29(37)33-17-25-22(30)8-5-13-32-25/h3-10,13,16,18,31H,2,11-12,14-15,17H2,1H3,(H,33,37)(H,34,35). The number of oxazole rings is 1. The first-order valence-electron chi connectivity index (χ1n) is 12.7. The van der Waals surface area contributed by atoms with Gasteiger partial charge < -0.3 is 20.0 Å². The van der Waals surface area contributed by atoms with Crippen molar-refractivity contribution in [1.29, 1.82) is 0 Å². The van der Waals surface area contributed by atoms with Crippen LogP contribution in [-0.2, 0) is 25.8 Å². The molecule has 8 nitrogen and oxygen atoms in total. The van der Waals surface area contributed by atoms with Crippen molar-refractivity contribution in [3.05, 3.63) is 102 Å². The number of carbonyl (C=O) groups excluding carboxylic acids is 1. The lowest BCUT2D eigenvalue weighted by molar-refractivity contribution is 0.0945. The van der Waals surface area contributed by atoms with E-state index in [0.717, 1.165) is 36.2 Å². The zero-order chi connectivity index (χ0) is 26.3. The summed E-state index contributed by atoms with van der Waals surface area (Å²) in [6.07, 6.45) is 5.05. The molecule has 1 amide bonds. The van der Waals surface area contributed by atoms with Crippen LogP contribution in [0.15, 0.2) is 71.5 Å². The minimum atomic E-state index is -0.468. The van der Waals surface area contributed by atoms with Gasteiger partial charge in [0.2, 0.25) is 0 Å². The molecule has 0 saturated carbocycles. The van der Waals surface area contributed by atoms with Crippen LogP contribution in [0.5, 0.6) is 0 Å². The molecule has 38 heavy (non-hydrogen) atoms. The van der Waals surface area contributed by atoms with Crippen molar-refractivity contribution in [2.24, 2.45) is 0 Å². The first-order valence-corrected chi connectivity index (χ1v) is 12.7. The molecule has 0 radical (unpaired) electrons. The van der Waals surface area contributed by atoms with Gasteiger partial charge in [-0.3, -0.25) is 9.78 Å². The van der Waals surface area contributed by atoms with Gasteiger partial charge in [0.1, 0.15) is 17.9 Å². The highest BCUT2D eigenvalue weighted by atomic mass is 19.1. The Bertz CT molecular complexity index is 1540. The third-order valence-electron chi connectivity index (χ3n) is 6.33. The number of hydrogen-bond acceptors (Lipinski definition) is 6. The monoisotopic (exact) mass is 512 g/mol. The molecule has 2 aromatic carbocycles. The van der Waals surface area contributed by atoms with E-state index in [-0.39, 0.29) is 17.9 Å². The molecule has 0 aliphatic heterocycles. The predicted octanol–water partition coefficient (Wildman–Crippen LogP) is 4.62. The van der Waals surface area contributed by atoms with Gasteiger partial charge in [0.05, 0.1) is 23.3 Å². The van der Waals surface area contributed by atoms with Crippen molar-refractivity contribution in [3.8, 4) is 11.1 Å². The number of aromatic nitrogens is 4. The van der Waals surface area contributed by atoms with Crippen LogP contribution in [0.1, 0.15) is 40.4 Å². The predicted molar refractivity (Wildman–Crippen MR) is 143 cm³/mol. The van der Waals surface area contributed by atoms with Gasteiger partial charge >= 0.3 is 0 Å². The number of carbonyl (C=O) groups is 1. The second-order valence-electron chi connectivity index (χ2n) is 8.92. The quantitative estimate of drug-likeness (QED) is 0.223. The number of benzene rings is 2. The number of rotatable bonds is 11. The number of aryl methyl sites for hydroxylation is 1. The normalized spacial score (nSPS) is 11.2. The molecule has 194 valence electrons. The summed E-state index contributed by atoms with van der Waals surface area (Å²) < 4.78 is 19.1. The van der Waals surface area contributed by atoms with Crippen molar-refractivity contribution < 1.29 is 13.6 Å². The fraction of sp³-hybridized carbons (Fsp3) is 0.241. The van der Waals surface area contributed by atoms with Gasteiger partial charge in [-0.1, -0.05) is 37.3 Å². The fourth-order valence-electron chi connectivity index (χ4n) is 4.31. The second-order valence-corrected chi connectivity index (χ2v) is 8.92. The van der Waals surface area contributed by atoms with Crippen molar-refractivity contribution in [2.45, 2.75) is 32.7 Å². The van der Waals surface area contributed by atoms with Gasteiger partial charge in [0.25, 0.3) is 5.91 Å². The number of nitrogens with one attached hydrogen (secondary N) is 3. The van der Waals surface area contributed by atoms with Crippen molar-refractivity contribution in [2.75, 3.05) is 13.1 Å². The molecule has 0 fully saturated rings. The Morgan fingerprint density at radius 2 is 1.92 bits per heavy atom. The Kier molecular flexibility index (Phi) is 7.84. The molecular formula is C29H29FN6O2. The van der Waals surface area contributed by atoms with E-state index < -0.39 is 11.7 Å². The second kappa shape index (κ2) is 11.8. The number of aromatic amines is 1. The number of amides is 1. The molecule has 9 heteroatoms. The molecule has 0 bridgehead atoms. The number of halogens is 1. The lowest BCUT2D eigenvalue weighted by Gasteiger charge is -2.07. The lowest BCUT2D eigenvalue weighted by Crippen LogP contribution is -2.24. The summed E-state index contributed by atoms with van der Waals surface area (Å²) in [5.74, 6) is 0.470. The van der Waals surface area contributed by atoms with Gasteiger partial charge in [-0.05, 0) is 47.4 Å².